The van der Waals surface area contributed by atoms with Gasteiger partial charge < -0.3 is 10.4 Å². The number of nitrogens with one attached hydrogen (secondary N) is 1. The molecule has 1 aromatic carbocycles. The van der Waals surface area contributed by atoms with Crippen LogP contribution in [0.3, 0.4) is 0 Å². The fourth-order valence-corrected chi connectivity index (χ4v) is 4.05. The molecular weight excluding hydrogens is 296 g/mol. The molecule has 0 aliphatic carbocycles. The lowest BCUT2D eigenvalue weighted by molar-refractivity contribution is -0.117. The van der Waals surface area contributed by atoms with Crippen molar-refractivity contribution in [2.75, 3.05) is 36.5 Å². The molecule has 1 saturated heterocycles. The molecule has 0 radical (unpaired) electrons. The zero-order chi connectivity index (χ0) is 15.9. The maximum Gasteiger partial charge on any atom is 0.238 e. The first kappa shape index (κ1) is 17.3. The highest BCUT2D eigenvalue weighted by Crippen LogP contribution is 2.22. The predicted octanol–water partition coefficient (Wildman–Crippen LogP) is 2.43. The van der Waals surface area contributed by atoms with Gasteiger partial charge in [-0.05, 0) is 44.1 Å². The fraction of sp³-hybridized carbons (Fsp3) is 0.588. The molecule has 1 aliphatic rings. The monoisotopic (exact) mass is 322 g/mol. The van der Waals surface area contributed by atoms with Crippen molar-refractivity contribution in [3.8, 4) is 0 Å². The van der Waals surface area contributed by atoms with E-state index in [0.29, 0.717) is 19.1 Å². The molecule has 1 heterocycles. The number of hydrogen-bond acceptors (Lipinski definition) is 4. The number of nitrogens with zero attached hydrogens (tertiary/aromatic N) is 1. The van der Waals surface area contributed by atoms with E-state index in [4.69, 9.17) is 0 Å². The number of aliphatic hydroxyl groups is 1. The van der Waals surface area contributed by atoms with Gasteiger partial charge in [0, 0.05) is 24.0 Å². The number of anilines is 1. The summed E-state index contributed by atoms with van der Waals surface area (Å²) in [4.78, 5) is 14.5. The highest BCUT2D eigenvalue weighted by Gasteiger charge is 2.23. The van der Waals surface area contributed by atoms with Crippen LogP contribution in [0.25, 0.3) is 0 Å². The number of carbonyl (C=O) groups is 1. The number of aliphatic hydroxyl groups excluding tert-OH is 1. The van der Waals surface area contributed by atoms with Gasteiger partial charge in [-0.3, -0.25) is 9.69 Å². The van der Waals surface area contributed by atoms with E-state index >= 15 is 0 Å². The van der Waals surface area contributed by atoms with Gasteiger partial charge >= 0.3 is 0 Å². The number of hydrogen-bond donors (Lipinski definition) is 2. The van der Waals surface area contributed by atoms with E-state index in [1.54, 1.807) is 0 Å². The van der Waals surface area contributed by atoms with Crippen molar-refractivity contribution in [3.05, 3.63) is 29.3 Å². The highest BCUT2D eigenvalue weighted by atomic mass is 32.2. The van der Waals surface area contributed by atoms with Crippen LogP contribution >= 0.6 is 11.8 Å². The maximum absolute atomic E-state index is 12.3. The van der Waals surface area contributed by atoms with Gasteiger partial charge in [0.2, 0.25) is 5.91 Å². The molecular formula is C17H26N2O2S. The topological polar surface area (TPSA) is 52.6 Å². The Balaban J connectivity index is 1.95. The van der Waals surface area contributed by atoms with Crippen molar-refractivity contribution >= 4 is 23.4 Å². The summed E-state index contributed by atoms with van der Waals surface area (Å²) in [6.07, 6.45) is 2.31. The molecule has 0 spiro atoms. The van der Waals surface area contributed by atoms with E-state index in [-0.39, 0.29) is 12.5 Å². The van der Waals surface area contributed by atoms with Crippen LogP contribution in [0, 0.1) is 13.8 Å². The molecule has 0 unspecified atom stereocenters. The van der Waals surface area contributed by atoms with Crippen molar-refractivity contribution in [2.24, 2.45) is 0 Å². The number of rotatable bonds is 6. The van der Waals surface area contributed by atoms with Gasteiger partial charge in [0.25, 0.3) is 0 Å². The smallest absolute Gasteiger partial charge is 0.238 e. The third-order valence-electron chi connectivity index (χ3n) is 4.04. The van der Waals surface area contributed by atoms with Crippen LogP contribution in [0.15, 0.2) is 18.2 Å². The van der Waals surface area contributed by atoms with Gasteiger partial charge in [-0.15, -0.1) is 0 Å². The van der Waals surface area contributed by atoms with Gasteiger partial charge in [-0.2, -0.15) is 11.8 Å². The Kier molecular flexibility index (Phi) is 6.73. The molecule has 122 valence electrons. The average Bonchev–Trinajstić information content (AvgIpc) is 2.50. The molecule has 22 heavy (non-hydrogen) atoms. The predicted molar refractivity (Wildman–Crippen MR) is 93.6 cm³/mol. The van der Waals surface area contributed by atoms with Crippen LogP contribution in [0.1, 0.15) is 24.0 Å². The third-order valence-corrected chi connectivity index (χ3v) is 5.24. The molecule has 2 rings (SSSR count). The first-order chi connectivity index (χ1) is 10.6. The molecule has 1 atom stereocenters. The van der Waals surface area contributed by atoms with E-state index < -0.39 is 0 Å². The number of aryl methyl sites for hydroxylation is 2. The molecule has 0 bridgehead atoms. The summed E-state index contributed by atoms with van der Waals surface area (Å²) in [5, 5.41) is 12.3. The summed E-state index contributed by atoms with van der Waals surface area (Å²) in [7, 11) is 0. The quantitative estimate of drug-likeness (QED) is 0.844. The normalized spacial score (nSPS) is 18.5. The Morgan fingerprint density at radius 2 is 2.27 bits per heavy atom. The first-order valence-electron chi connectivity index (χ1n) is 7.90. The van der Waals surface area contributed by atoms with Crippen LogP contribution in [-0.2, 0) is 4.79 Å². The standard InChI is InChI=1S/C17H26N2O2S/c1-13-5-6-16(14(2)10-13)18-17(21)11-19(7-8-20)15-4-3-9-22-12-15/h5-6,10,15,20H,3-4,7-9,11-12H2,1-2H3,(H,18,21)/t15-/m0/s1. The molecule has 2 N–H and O–H groups in total. The molecule has 1 fully saturated rings. The second-order valence-corrected chi connectivity index (χ2v) is 7.08. The molecule has 0 aromatic heterocycles. The lowest BCUT2D eigenvalue weighted by Crippen LogP contribution is -2.44. The largest absolute Gasteiger partial charge is 0.395 e. The fourth-order valence-electron chi connectivity index (χ4n) is 2.86. The number of carbonyl (C=O) groups excluding carboxylic acids is 1. The Bertz CT molecular complexity index is 501. The zero-order valence-corrected chi connectivity index (χ0v) is 14.3. The second kappa shape index (κ2) is 8.56. The Morgan fingerprint density at radius 3 is 2.91 bits per heavy atom. The summed E-state index contributed by atoms with van der Waals surface area (Å²) >= 11 is 1.94. The number of thioether (sulfide) groups is 1. The molecule has 1 aromatic rings. The molecule has 4 nitrogen and oxygen atoms in total. The van der Waals surface area contributed by atoms with Crippen molar-refractivity contribution in [1.82, 2.24) is 4.90 Å². The lowest BCUT2D eigenvalue weighted by atomic mass is 10.1. The average molecular weight is 322 g/mol. The van der Waals surface area contributed by atoms with Crippen molar-refractivity contribution in [2.45, 2.75) is 32.7 Å². The summed E-state index contributed by atoms with van der Waals surface area (Å²) < 4.78 is 0. The molecule has 1 aliphatic heterocycles. The minimum absolute atomic E-state index is 0.00373. The minimum atomic E-state index is -0.00373. The van der Waals surface area contributed by atoms with Crippen molar-refractivity contribution in [3.63, 3.8) is 0 Å². The number of amides is 1. The first-order valence-corrected chi connectivity index (χ1v) is 9.05. The van der Waals surface area contributed by atoms with E-state index in [0.717, 1.165) is 23.4 Å². The van der Waals surface area contributed by atoms with Gasteiger partial charge in [0.1, 0.15) is 0 Å². The van der Waals surface area contributed by atoms with Crippen LogP contribution in [0.4, 0.5) is 5.69 Å². The SMILES string of the molecule is Cc1ccc(NC(=O)CN(CCO)[C@H]2CCCSC2)c(C)c1. The van der Waals surface area contributed by atoms with E-state index in [9.17, 15) is 9.90 Å². The summed E-state index contributed by atoms with van der Waals surface area (Å²) in [6, 6.07) is 6.43. The van der Waals surface area contributed by atoms with E-state index in [2.05, 4.69) is 16.3 Å². The Labute approximate surface area is 137 Å². The van der Waals surface area contributed by atoms with Crippen LogP contribution in [0.2, 0.25) is 0 Å². The second-order valence-electron chi connectivity index (χ2n) is 5.93. The van der Waals surface area contributed by atoms with Crippen LogP contribution in [0.5, 0.6) is 0 Å². The third kappa shape index (κ3) is 5.00. The lowest BCUT2D eigenvalue weighted by Gasteiger charge is -2.33. The van der Waals surface area contributed by atoms with Crippen molar-refractivity contribution < 1.29 is 9.90 Å². The minimum Gasteiger partial charge on any atom is -0.395 e. The zero-order valence-electron chi connectivity index (χ0n) is 13.5. The van der Waals surface area contributed by atoms with Gasteiger partial charge in [0.15, 0.2) is 0 Å². The number of benzene rings is 1. The van der Waals surface area contributed by atoms with Gasteiger partial charge in [0.05, 0.1) is 13.2 Å². The Morgan fingerprint density at radius 1 is 1.45 bits per heavy atom. The Hall–Kier alpha value is -1.04. The van der Waals surface area contributed by atoms with Gasteiger partial charge in [-0.1, -0.05) is 17.7 Å². The summed E-state index contributed by atoms with van der Waals surface area (Å²) in [5.41, 5.74) is 3.14. The summed E-state index contributed by atoms with van der Waals surface area (Å²) in [6.45, 7) is 5.05. The molecule has 1 amide bonds. The summed E-state index contributed by atoms with van der Waals surface area (Å²) in [5.74, 6) is 2.26. The molecule has 5 heteroatoms. The van der Waals surface area contributed by atoms with E-state index in [1.165, 1.54) is 17.7 Å². The highest BCUT2D eigenvalue weighted by molar-refractivity contribution is 7.99. The molecule has 0 saturated carbocycles. The van der Waals surface area contributed by atoms with Crippen LogP contribution in [-0.4, -0.2) is 53.2 Å². The van der Waals surface area contributed by atoms with E-state index in [1.807, 2.05) is 37.7 Å². The maximum atomic E-state index is 12.3. The van der Waals surface area contributed by atoms with Gasteiger partial charge in [-0.25, -0.2) is 0 Å². The van der Waals surface area contributed by atoms with Crippen LogP contribution < -0.4 is 5.32 Å². The van der Waals surface area contributed by atoms with Crippen molar-refractivity contribution in [1.29, 1.82) is 0 Å².